The van der Waals surface area contributed by atoms with Crippen LogP contribution in [0.3, 0.4) is 0 Å². The molecule has 5 rings (SSSR count). The van der Waals surface area contributed by atoms with Gasteiger partial charge in [-0.1, -0.05) is 32.8 Å². The summed E-state index contributed by atoms with van der Waals surface area (Å²) < 4.78 is 17.4. The van der Waals surface area contributed by atoms with E-state index in [4.69, 9.17) is 0 Å². The molecule has 3 amide bonds. The predicted molar refractivity (Wildman–Crippen MR) is 178 cm³/mol. The third-order valence-electron chi connectivity index (χ3n) is 10.5. The van der Waals surface area contributed by atoms with Crippen LogP contribution in [0.4, 0.5) is 10.1 Å². The molecule has 2 N–H and O–H groups in total. The molecule has 256 valence electrons. The van der Waals surface area contributed by atoms with Crippen molar-refractivity contribution in [3.8, 4) is 0 Å². The van der Waals surface area contributed by atoms with Crippen molar-refractivity contribution in [2.24, 2.45) is 23.7 Å². The van der Waals surface area contributed by atoms with E-state index < -0.39 is 23.7 Å². The maximum absolute atomic E-state index is 15.7. The second-order valence-electron chi connectivity index (χ2n) is 14.1. The average Bonchev–Trinajstić information content (AvgIpc) is 3.74. The smallest absolute Gasteiger partial charge is 0.245 e. The van der Waals surface area contributed by atoms with Gasteiger partial charge in [0.05, 0.1) is 5.69 Å². The maximum Gasteiger partial charge on any atom is 0.245 e. The van der Waals surface area contributed by atoms with E-state index in [1.54, 1.807) is 27.9 Å². The predicted octanol–water partition coefficient (Wildman–Crippen LogP) is 4.86. The van der Waals surface area contributed by atoms with Gasteiger partial charge in [-0.25, -0.2) is 4.39 Å². The number of aromatic nitrogens is 2. The average molecular weight is 651 g/mol. The van der Waals surface area contributed by atoms with Crippen molar-refractivity contribution in [1.82, 2.24) is 24.9 Å². The number of hydrogen-bond acceptors (Lipinski definition) is 6. The number of hydrogen-bond donors (Lipinski definition) is 2. The van der Waals surface area contributed by atoms with Crippen LogP contribution < -0.4 is 10.6 Å². The molecule has 1 aromatic heterocycles. The topological polar surface area (TPSA) is 117 Å². The third kappa shape index (κ3) is 8.86. The van der Waals surface area contributed by atoms with Crippen molar-refractivity contribution < 1.29 is 23.6 Å². The van der Waals surface area contributed by atoms with E-state index in [2.05, 4.69) is 27.6 Å². The number of piperazine rings is 1. The van der Waals surface area contributed by atoms with Crippen LogP contribution in [0.2, 0.25) is 0 Å². The number of nitrogens with one attached hydrogen (secondary N) is 2. The molecule has 1 saturated heterocycles. The molecule has 11 heteroatoms. The first-order valence-corrected chi connectivity index (χ1v) is 17.5. The van der Waals surface area contributed by atoms with Gasteiger partial charge in [-0.2, -0.15) is 5.10 Å². The summed E-state index contributed by atoms with van der Waals surface area (Å²) in [5, 5.41) is 9.99. The van der Waals surface area contributed by atoms with Crippen molar-refractivity contribution >= 4 is 29.2 Å². The summed E-state index contributed by atoms with van der Waals surface area (Å²) in [6.45, 7) is 9.14. The van der Waals surface area contributed by atoms with E-state index in [0.29, 0.717) is 49.1 Å². The second kappa shape index (κ2) is 15.5. The highest BCUT2D eigenvalue weighted by molar-refractivity contribution is 6.00. The summed E-state index contributed by atoms with van der Waals surface area (Å²) in [7, 11) is 2.01. The fourth-order valence-electron chi connectivity index (χ4n) is 7.06. The number of likely N-dealkylation sites (N-methyl/N-ethyl adjacent to an activating group) is 1. The molecule has 0 unspecified atom stereocenters. The lowest BCUT2D eigenvalue weighted by atomic mass is 9.74. The molecule has 1 aromatic carbocycles. The van der Waals surface area contributed by atoms with Crippen LogP contribution in [-0.2, 0) is 20.9 Å². The molecule has 0 radical (unpaired) electrons. The monoisotopic (exact) mass is 650 g/mol. The summed E-state index contributed by atoms with van der Waals surface area (Å²) in [6.07, 6.45) is 7.72. The second-order valence-corrected chi connectivity index (χ2v) is 14.1. The molecule has 2 aromatic rings. The summed E-state index contributed by atoms with van der Waals surface area (Å²) in [5.74, 6) is -1.58. The Morgan fingerprint density at radius 1 is 1.00 bits per heavy atom. The quantitative estimate of drug-likeness (QED) is 0.299. The number of carbonyl (C=O) groups excluding carboxylic acids is 4. The largest absolute Gasteiger partial charge is 0.344 e. The summed E-state index contributed by atoms with van der Waals surface area (Å²) >= 11 is 0. The minimum atomic E-state index is -0.829. The van der Waals surface area contributed by atoms with Crippen molar-refractivity contribution in [3.63, 3.8) is 0 Å². The number of aryl methyl sites for hydroxylation is 1. The lowest BCUT2D eigenvalue weighted by molar-refractivity contribution is -0.138. The van der Waals surface area contributed by atoms with Crippen LogP contribution in [0.25, 0.3) is 0 Å². The number of ketones is 1. The van der Waals surface area contributed by atoms with Crippen LogP contribution >= 0.6 is 0 Å². The summed E-state index contributed by atoms with van der Waals surface area (Å²) in [4.78, 5) is 57.7. The van der Waals surface area contributed by atoms with Gasteiger partial charge in [0.1, 0.15) is 17.6 Å². The van der Waals surface area contributed by atoms with Gasteiger partial charge in [-0.15, -0.1) is 0 Å². The lowest BCUT2D eigenvalue weighted by Crippen LogP contribution is -2.55. The Balaban J connectivity index is 1.31. The molecule has 10 nitrogen and oxygen atoms in total. The van der Waals surface area contributed by atoms with Crippen molar-refractivity contribution in [2.75, 3.05) is 38.5 Å². The first-order chi connectivity index (χ1) is 22.5. The van der Waals surface area contributed by atoms with Gasteiger partial charge in [-0.3, -0.25) is 23.9 Å². The number of amides is 3. The number of rotatable bonds is 13. The Bertz CT molecular complexity index is 1420. The molecule has 1 aliphatic heterocycles. The van der Waals surface area contributed by atoms with Crippen LogP contribution in [-0.4, -0.2) is 82.4 Å². The Labute approximate surface area is 277 Å². The van der Waals surface area contributed by atoms with Crippen LogP contribution in [0, 0.1) is 29.5 Å². The minimum Gasteiger partial charge on any atom is -0.344 e. The van der Waals surface area contributed by atoms with E-state index in [-0.39, 0.29) is 41.5 Å². The fourth-order valence-corrected chi connectivity index (χ4v) is 7.06. The van der Waals surface area contributed by atoms with E-state index in [0.717, 1.165) is 51.6 Å². The molecule has 3 aliphatic rings. The molecule has 0 spiro atoms. The van der Waals surface area contributed by atoms with Gasteiger partial charge in [0, 0.05) is 63.6 Å². The van der Waals surface area contributed by atoms with Gasteiger partial charge < -0.3 is 20.4 Å². The molecule has 0 bridgehead atoms. The lowest BCUT2D eigenvalue weighted by Gasteiger charge is -2.36. The number of carbonyl (C=O) groups is 4. The Morgan fingerprint density at radius 2 is 1.70 bits per heavy atom. The summed E-state index contributed by atoms with van der Waals surface area (Å²) in [6, 6.07) is 5.43. The zero-order chi connectivity index (χ0) is 33.7. The van der Waals surface area contributed by atoms with Crippen molar-refractivity contribution in [1.29, 1.82) is 0 Å². The van der Waals surface area contributed by atoms with Gasteiger partial charge >= 0.3 is 0 Å². The normalized spacial score (nSPS) is 22.3. The van der Waals surface area contributed by atoms with Gasteiger partial charge in [-0.05, 0) is 81.2 Å². The first kappa shape index (κ1) is 34.7. The van der Waals surface area contributed by atoms with Crippen LogP contribution in [0.1, 0.15) is 94.1 Å². The van der Waals surface area contributed by atoms with Crippen LogP contribution in [0.5, 0.6) is 0 Å². The zero-order valence-electron chi connectivity index (χ0n) is 28.3. The Hall–Kier alpha value is -3.60. The van der Waals surface area contributed by atoms with Gasteiger partial charge in [0.2, 0.25) is 17.7 Å². The molecule has 2 saturated carbocycles. The van der Waals surface area contributed by atoms with E-state index in [1.807, 2.05) is 20.9 Å². The summed E-state index contributed by atoms with van der Waals surface area (Å²) in [5.41, 5.74) is 1.07. The fraction of sp³-hybridized carbons (Fsp3) is 0.639. The van der Waals surface area contributed by atoms with Gasteiger partial charge in [0.25, 0.3) is 0 Å². The molecule has 3 fully saturated rings. The van der Waals surface area contributed by atoms with Crippen molar-refractivity contribution in [3.05, 3.63) is 47.5 Å². The first-order valence-electron chi connectivity index (χ1n) is 17.5. The molecular weight excluding hydrogens is 599 g/mol. The molecule has 47 heavy (non-hydrogen) atoms. The van der Waals surface area contributed by atoms with E-state index in [9.17, 15) is 19.2 Å². The van der Waals surface area contributed by atoms with E-state index >= 15 is 4.39 Å². The van der Waals surface area contributed by atoms with Crippen LogP contribution in [0.15, 0.2) is 30.5 Å². The van der Waals surface area contributed by atoms with Crippen molar-refractivity contribution in [2.45, 2.75) is 90.6 Å². The maximum atomic E-state index is 15.7. The number of nitrogens with zero attached hydrogens (tertiary/aromatic N) is 4. The third-order valence-corrected chi connectivity index (χ3v) is 10.5. The highest BCUT2D eigenvalue weighted by atomic mass is 19.1. The van der Waals surface area contributed by atoms with Gasteiger partial charge in [0.15, 0.2) is 5.78 Å². The SMILES string of the molecule is CCn1nccc1C(=O)C[C@H](C(=O)Nc1ccc([C@H](C)[C@@H](NC(=O)CC2CC2)C(=O)N2CCN(C)CC2)cc1F)C1CCC(C)CC1. The Kier molecular flexibility index (Phi) is 11.5. The number of benzene rings is 1. The molecule has 2 aliphatic carbocycles. The minimum absolute atomic E-state index is 0.0242. The highest BCUT2D eigenvalue weighted by Crippen LogP contribution is 2.37. The zero-order valence-corrected chi connectivity index (χ0v) is 28.3. The highest BCUT2D eigenvalue weighted by Gasteiger charge is 2.36. The van der Waals surface area contributed by atoms with E-state index in [1.165, 1.54) is 12.1 Å². The molecule has 3 atom stereocenters. The Morgan fingerprint density at radius 3 is 2.34 bits per heavy atom. The number of Topliss-reactive ketones (excluding diaryl/α,β-unsaturated/α-hetero) is 1. The number of halogens is 1. The standard InChI is InChI=1S/C36H51FN6O4/c1-5-43-31(14-15-38-43)32(44)22-28(26-10-6-23(2)7-11-26)35(46)39-30-13-12-27(21-29(30)37)24(3)34(40-33(45)20-25-8-9-25)36(47)42-18-16-41(4)17-19-42/h12-15,21,23-26,28,34H,5-11,16-20,22H2,1-4H3,(H,39,46)(H,40,45)/t23?,24-,26?,28-,34+/m0/s1. The molecular formula is C36H51FN6O4. The number of anilines is 1. The molecule has 2 heterocycles.